The van der Waals surface area contributed by atoms with Gasteiger partial charge in [0.25, 0.3) is 0 Å². The third kappa shape index (κ3) is 4.55. The van der Waals surface area contributed by atoms with Gasteiger partial charge in [-0.15, -0.1) is 0 Å². The highest BCUT2D eigenvalue weighted by Gasteiger charge is 2.26. The molecule has 1 amide bonds. The molecule has 0 atom stereocenters. The number of amides is 1. The predicted molar refractivity (Wildman–Crippen MR) is 116 cm³/mol. The average Bonchev–Trinajstić information content (AvgIpc) is 2.78. The molecule has 3 aromatic rings. The number of nitrogens with one attached hydrogen (secondary N) is 1. The molecule has 3 heterocycles. The maximum atomic E-state index is 12.6. The van der Waals surface area contributed by atoms with Crippen molar-refractivity contribution in [1.29, 1.82) is 0 Å². The Hall–Kier alpha value is -3.75. The Bertz CT molecular complexity index is 1150. The molecule has 0 saturated carbocycles. The van der Waals surface area contributed by atoms with Crippen LogP contribution in [0.1, 0.15) is 18.4 Å². The van der Waals surface area contributed by atoms with Crippen LogP contribution in [0.2, 0.25) is 0 Å². The van der Waals surface area contributed by atoms with E-state index in [1.54, 1.807) is 23.1 Å². The highest BCUT2D eigenvalue weighted by atomic mass is 16.6. The number of benzene rings is 1. The van der Waals surface area contributed by atoms with E-state index in [1.807, 2.05) is 18.2 Å². The zero-order valence-corrected chi connectivity index (χ0v) is 16.9. The Morgan fingerprint density at radius 2 is 1.84 bits per heavy atom. The first-order valence-corrected chi connectivity index (χ1v) is 10.2. The molecule has 1 aliphatic rings. The van der Waals surface area contributed by atoms with Gasteiger partial charge in [-0.2, -0.15) is 0 Å². The minimum atomic E-state index is -0.785. The molecule has 0 unspecified atom stereocenters. The summed E-state index contributed by atoms with van der Waals surface area (Å²) in [6.45, 7) is 1.14. The molecule has 1 saturated heterocycles. The van der Waals surface area contributed by atoms with Crippen molar-refractivity contribution in [3.63, 3.8) is 0 Å². The topological polar surface area (TPSA) is 110 Å². The zero-order valence-electron chi connectivity index (χ0n) is 16.9. The van der Waals surface area contributed by atoms with Crippen molar-refractivity contribution in [3.8, 4) is 0 Å². The van der Waals surface area contributed by atoms with Gasteiger partial charge in [-0.1, -0.05) is 36.4 Å². The number of hydrogen-bond donors (Lipinski definition) is 1. The van der Waals surface area contributed by atoms with Gasteiger partial charge in [-0.05, 0) is 42.9 Å². The van der Waals surface area contributed by atoms with Gasteiger partial charge in [-0.25, -0.2) is 4.98 Å². The van der Waals surface area contributed by atoms with Gasteiger partial charge in [0, 0.05) is 19.3 Å². The fourth-order valence-electron chi connectivity index (χ4n) is 3.97. The number of pyridine rings is 1. The standard InChI is InChI=1S/C22H23N5O4/c28-19(25-12-9-17(10-13-25)14-16-6-2-1-3-7-16)15-23-21-20(27(30)31)22(29)26-11-5-4-8-18(26)24-21/h1-8,11,17,23H,9-10,12-15H2. The van der Waals surface area contributed by atoms with E-state index < -0.39 is 16.2 Å². The normalized spacial score (nSPS) is 14.5. The summed E-state index contributed by atoms with van der Waals surface area (Å²) in [5, 5.41) is 14.2. The molecule has 0 bridgehead atoms. The van der Waals surface area contributed by atoms with E-state index in [0.29, 0.717) is 19.0 Å². The van der Waals surface area contributed by atoms with Crippen molar-refractivity contribution in [1.82, 2.24) is 14.3 Å². The third-order valence-corrected chi connectivity index (χ3v) is 5.63. The second-order valence-corrected chi connectivity index (χ2v) is 7.67. The number of hydrogen-bond acceptors (Lipinski definition) is 6. The van der Waals surface area contributed by atoms with Gasteiger partial charge >= 0.3 is 11.2 Å². The quantitative estimate of drug-likeness (QED) is 0.484. The van der Waals surface area contributed by atoms with Crippen LogP contribution in [0.3, 0.4) is 0 Å². The van der Waals surface area contributed by atoms with E-state index in [4.69, 9.17) is 0 Å². The van der Waals surface area contributed by atoms with Crippen molar-refractivity contribution in [2.75, 3.05) is 25.0 Å². The summed E-state index contributed by atoms with van der Waals surface area (Å²) >= 11 is 0. The maximum Gasteiger partial charge on any atom is 0.376 e. The molecule has 4 rings (SSSR count). The SMILES string of the molecule is O=C(CNc1nc2ccccn2c(=O)c1[N+](=O)[O-])N1CCC(Cc2ccccc2)CC1. The summed E-state index contributed by atoms with van der Waals surface area (Å²) in [7, 11) is 0. The summed E-state index contributed by atoms with van der Waals surface area (Å²) in [6, 6.07) is 15.2. The highest BCUT2D eigenvalue weighted by Crippen LogP contribution is 2.22. The number of piperidine rings is 1. The fourth-order valence-corrected chi connectivity index (χ4v) is 3.97. The van der Waals surface area contributed by atoms with E-state index in [9.17, 15) is 19.7 Å². The van der Waals surface area contributed by atoms with Gasteiger partial charge in [0.05, 0.1) is 11.5 Å². The van der Waals surface area contributed by atoms with E-state index in [0.717, 1.165) is 23.7 Å². The van der Waals surface area contributed by atoms with Gasteiger partial charge in [0.15, 0.2) is 0 Å². The molecule has 31 heavy (non-hydrogen) atoms. The van der Waals surface area contributed by atoms with Crippen LogP contribution >= 0.6 is 0 Å². The van der Waals surface area contributed by atoms with Crippen molar-refractivity contribution >= 4 is 23.1 Å². The number of likely N-dealkylation sites (tertiary alicyclic amines) is 1. The summed E-state index contributed by atoms with van der Waals surface area (Å²) < 4.78 is 1.11. The Labute approximate surface area is 178 Å². The lowest BCUT2D eigenvalue weighted by atomic mass is 9.90. The van der Waals surface area contributed by atoms with Crippen LogP contribution in [-0.4, -0.2) is 44.7 Å². The third-order valence-electron chi connectivity index (χ3n) is 5.63. The molecule has 1 fully saturated rings. The Morgan fingerprint density at radius 3 is 2.55 bits per heavy atom. The second-order valence-electron chi connectivity index (χ2n) is 7.67. The average molecular weight is 421 g/mol. The molecule has 0 radical (unpaired) electrons. The van der Waals surface area contributed by atoms with Crippen molar-refractivity contribution < 1.29 is 9.72 Å². The largest absolute Gasteiger partial charge is 0.376 e. The molecular formula is C22H23N5O4. The van der Waals surface area contributed by atoms with E-state index >= 15 is 0 Å². The first-order chi connectivity index (χ1) is 15.0. The van der Waals surface area contributed by atoms with Crippen LogP contribution in [0.25, 0.3) is 5.65 Å². The number of carbonyl (C=O) groups excluding carboxylic acids is 1. The van der Waals surface area contributed by atoms with Crippen LogP contribution in [0.5, 0.6) is 0 Å². The minimum Gasteiger partial charge on any atom is -0.355 e. The van der Waals surface area contributed by atoms with Crippen LogP contribution in [0.15, 0.2) is 59.5 Å². The first kappa shape index (κ1) is 20.5. The number of fused-ring (bicyclic) bond motifs is 1. The van der Waals surface area contributed by atoms with E-state index in [1.165, 1.54) is 11.8 Å². The van der Waals surface area contributed by atoms with Gasteiger partial charge in [0.1, 0.15) is 5.65 Å². The summed E-state index contributed by atoms with van der Waals surface area (Å²) in [5.74, 6) is 0.179. The molecule has 1 aromatic carbocycles. The van der Waals surface area contributed by atoms with Crippen LogP contribution in [-0.2, 0) is 11.2 Å². The monoisotopic (exact) mass is 421 g/mol. The van der Waals surface area contributed by atoms with Crippen molar-refractivity contribution in [3.05, 3.63) is 80.8 Å². The Morgan fingerprint density at radius 1 is 1.13 bits per heavy atom. The van der Waals surface area contributed by atoms with Crippen LogP contribution in [0, 0.1) is 16.0 Å². The summed E-state index contributed by atoms with van der Waals surface area (Å²) in [4.78, 5) is 41.7. The van der Waals surface area contributed by atoms with E-state index in [-0.39, 0.29) is 23.9 Å². The molecule has 160 valence electrons. The minimum absolute atomic E-state index is 0.153. The molecule has 9 heteroatoms. The van der Waals surface area contributed by atoms with Crippen LogP contribution < -0.4 is 10.9 Å². The molecular weight excluding hydrogens is 398 g/mol. The number of nitrogens with zero attached hydrogens (tertiary/aromatic N) is 4. The maximum absolute atomic E-state index is 12.6. The predicted octanol–water partition coefficient (Wildman–Crippen LogP) is 2.50. The molecule has 2 aromatic heterocycles. The second kappa shape index (κ2) is 8.95. The number of anilines is 1. The van der Waals surface area contributed by atoms with Gasteiger partial charge in [0.2, 0.25) is 11.7 Å². The molecule has 1 N–H and O–H groups in total. The molecule has 0 spiro atoms. The number of carbonyl (C=O) groups is 1. The number of nitro groups is 1. The number of aromatic nitrogens is 2. The van der Waals surface area contributed by atoms with Gasteiger partial charge in [-0.3, -0.25) is 24.1 Å². The number of rotatable bonds is 6. The van der Waals surface area contributed by atoms with Crippen molar-refractivity contribution in [2.45, 2.75) is 19.3 Å². The van der Waals surface area contributed by atoms with Crippen LogP contribution in [0.4, 0.5) is 11.5 Å². The lowest BCUT2D eigenvalue weighted by Gasteiger charge is -2.32. The molecule has 1 aliphatic heterocycles. The molecule has 9 nitrogen and oxygen atoms in total. The zero-order chi connectivity index (χ0) is 21.8. The lowest BCUT2D eigenvalue weighted by molar-refractivity contribution is -0.385. The van der Waals surface area contributed by atoms with E-state index in [2.05, 4.69) is 22.4 Å². The summed E-state index contributed by atoms with van der Waals surface area (Å²) in [6.07, 6.45) is 4.25. The summed E-state index contributed by atoms with van der Waals surface area (Å²) in [5.41, 5.74) is 0.120. The fraction of sp³-hybridized carbons (Fsp3) is 0.318. The Kier molecular flexibility index (Phi) is 5.92. The highest BCUT2D eigenvalue weighted by molar-refractivity contribution is 5.81. The Balaban J connectivity index is 1.39. The first-order valence-electron chi connectivity index (χ1n) is 10.2. The molecule has 0 aliphatic carbocycles. The lowest BCUT2D eigenvalue weighted by Crippen LogP contribution is -2.41. The van der Waals surface area contributed by atoms with Crippen molar-refractivity contribution in [2.24, 2.45) is 5.92 Å². The smallest absolute Gasteiger partial charge is 0.355 e. The van der Waals surface area contributed by atoms with Gasteiger partial charge < -0.3 is 10.2 Å².